The first-order chi connectivity index (χ1) is 14.4. The first-order valence-corrected chi connectivity index (χ1v) is 10.8. The summed E-state index contributed by atoms with van der Waals surface area (Å²) in [6.07, 6.45) is 8.62. The number of allylic oxidation sites excluding steroid dienone is 1. The topological polar surface area (TPSA) is 65.1 Å². The molecule has 2 bridgehead atoms. The normalized spacial score (nSPS) is 17.9. The summed E-state index contributed by atoms with van der Waals surface area (Å²) in [5.41, 5.74) is 6.16. The molecular weight excluding hydrogens is 360 g/mol. The lowest BCUT2D eigenvalue weighted by molar-refractivity contribution is 0.270. The lowest BCUT2D eigenvalue weighted by Crippen LogP contribution is -2.40. The van der Waals surface area contributed by atoms with Crippen LogP contribution in [0.5, 0.6) is 0 Å². The van der Waals surface area contributed by atoms with Gasteiger partial charge in [-0.05, 0) is 36.6 Å². The van der Waals surface area contributed by atoms with Crippen LogP contribution in [0.2, 0.25) is 0 Å². The highest BCUT2D eigenvalue weighted by Gasteiger charge is 2.10. The van der Waals surface area contributed by atoms with Gasteiger partial charge < -0.3 is 16.0 Å². The predicted octanol–water partition coefficient (Wildman–Crippen LogP) is 1.72. The molecule has 0 spiro atoms. The molecule has 0 atom stereocenters. The van der Waals surface area contributed by atoms with Crippen molar-refractivity contribution in [3.63, 3.8) is 0 Å². The molecule has 0 saturated heterocycles. The van der Waals surface area contributed by atoms with Crippen molar-refractivity contribution in [3.8, 4) is 0 Å². The molecule has 2 aliphatic rings. The lowest BCUT2D eigenvalue weighted by Gasteiger charge is -2.24. The maximum Gasteiger partial charge on any atom is 0.0545 e. The largest absolute Gasteiger partial charge is 0.311 e. The fourth-order valence-electron chi connectivity index (χ4n) is 3.97. The van der Waals surface area contributed by atoms with E-state index in [2.05, 4.69) is 67.2 Å². The Morgan fingerprint density at radius 2 is 1.83 bits per heavy atom. The number of rotatable bonds is 5. The highest BCUT2D eigenvalue weighted by molar-refractivity contribution is 5.58. The van der Waals surface area contributed by atoms with Crippen molar-refractivity contribution in [2.24, 2.45) is 0 Å². The molecule has 0 saturated carbocycles. The smallest absolute Gasteiger partial charge is 0.0545 e. The van der Waals surface area contributed by atoms with Crippen molar-refractivity contribution in [2.45, 2.75) is 32.5 Å². The van der Waals surface area contributed by atoms with Crippen LogP contribution in [0.4, 0.5) is 0 Å². The summed E-state index contributed by atoms with van der Waals surface area (Å²) in [4.78, 5) is 11.7. The molecule has 1 aliphatic heterocycles. The van der Waals surface area contributed by atoms with Crippen LogP contribution < -0.4 is 16.0 Å². The summed E-state index contributed by atoms with van der Waals surface area (Å²) in [7, 11) is 0. The molecule has 6 heteroatoms. The van der Waals surface area contributed by atoms with Crippen LogP contribution in [0.1, 0.15) is 34.6 Å². The van der Waals surface area contributed by atoms with Gasteiger partial charge in [-0.3, -0.25) is 14.9 Å². The Bertz CT molecular complexity index is 792. The number of nitrogens with zero attached hydrogens (tertiary/aromatic N) is 3. The van der Waals surface area contributed by atoms with Gasteiger partial charge in [0.25, 0.3) is 0 Å². The average Bonchev–Trinajstić information content (AvgIpc) is 2.76. The van der Waals surface area contributed by atoms with Crippen molar-refractivity contribution in [3.05, 3.63) is 64.7 Å². The van der Waals surface area contributed by atoms with Gasteiger partial charge in [0, 0.05) is 76.4 Å². The molecule has 0 unspecified atom stereocenters. The summed E-state index contributed by atoms with van der Waals surface area (Å²) < 4.78 is 0. The Morgan fingerprint density at radius 1 is 1.03 bits per heavy atom. The zero-order chi connectivity index (χ0) is 19.7. The minimum absolute atomic E-state index is 0.834. The molecule has 3 heterocycles. The molecule has 3 N–H and O–H groups in total. The molecule has 0 fully saturated rings. The maximum atomic E-state index is 4.69. The Kier molecular flexibility index (Phi) is 7.37. The minimum atomic E-state index is 0.834. The maximum absolute atomic E-state index is 4.69. The second-order valence-corrected chi connectivity index (χ2v) is 7.76. The van der Waals surface area contributed by atoms with Gasteiger partial charge in [-0.1, -0.05) is 18.2 Å². The van der Waals surface area contributed by atoms with Crippen molar-refractivity contribution < 1.29 is 0 Å². The van der Waals surface area contributed by atoms with Gasteiger partial charge in [-0.2, -0.15) is 0 Å². The average molecular weight is 393 g/mol. The van der Waals surface area contributed by atoms with Gasteiger partial charge in [0.15, 0.2) is 0 Å². The number of pyridine rings is 2. The predicted molar refractivity (Wildman–Crippen MR) is 117 cm³/mol. The number of hydrogen-bond acceptors (Lipinski definition) is 6. The summed E-state index contributed by atoms with van der Waals surface area (Å²) in [5.74, 6) is 0. The third kappa shape index (κ3) is 5.93. The highest BCUT2D eigenvalue weighted by Crippen LogP contribution is 2.20. The van der Waals surface area contributed by atoms with Gasteiger partial charge in [0.1, 0.15) is 0 Å². The molecule has 2 aromatic rings. The van der Waals surface area contributed by atoms with E-state index < -0.39 is 0 Å². The number of hydrogen-bond donors (Lipinski definition) is 3. The zero-order valence-electron chi connectivity index (χ0n) is 17.2. The van der Waals surface area contributed by atoms with E-state index in [1.54, 1.807) is 0 Å². The van der Waals surface area contributed by atoms with E-state index in [0.717, 1.165) is 83.1 Å². The number of aromatic nitrogens is 2. The van der Waals surface area contributed by atoms with Crippen LogP contribution in [-0.2, 0) is 26.1 Å². The molecular formula is C23H32N6. The van der Waals surface area contributed by atoms with E-state index in [1.165, 1.54) is 16.8 Å². The lowest BCUT2D eigenvalue weighted by atomic mass is 9.98. The monoisotopic (exact) mass is 392 g/mol. The van der Waals surface area contributed by atoms with E-state index in [1.807, 2.05) is 6.20 Å². The summed E-state index contributed by atoms with van der Waals surface area (Å²) in [6, 6.07) is 8.43. The van der Waals surface area contributed by atoms with Crippen LogP contribution in [-0.4, -0.2) is 54.1 Å². The summed E-state index contributed by atoms with van der Waals surface area (Å²) >= 11 is 0. The molecule has 154 valence electrons. The molecule has 1 aliphatic carbocycles. The zero-order valence-corrected chi connectivity index (χ0v) is 17.2. The van der Waals surface area contributed by atoms with Gasteiger partial charge in [-0.15, -0.1) is 0 Å². The van der Waals surface area contributed by atoms with Crippen LogP contribution in [0.25, 0.3) is 6.08 Å². The second-order valence-electron chi connectivity index (χ2n) is 7.76. The first kappa shape index (κ1) is 20.2. The molecule has 6 nitrogen and oxygen atoms in total. The van der Waals surface area contributed by atoms with Gasteiger partial charge in [0.05, 0.1) is 11.4 Å². The van der Waals surface area contributed by atoms with E-state index in [0.29, 0.717) is 0 Å². The standard InChI is InChI=1S/C23H32N6/c1-2-7-23-22(6-1)19(8-9-27-23)16-24-10-13-29-14-11-25-17-20-4-3-5-21(28-20)18-26-12-15-29/h1,3-6,8-9,24-26H,2,7,10-18H2. The van der Waals surface area contributed by atoms with Crippen LogP contribution in [0, 0.1) is 0 Å². The Labute approximate surface area is 173 Å². The minimum Gasteiger partial charge on any atom is -0.311 e. The molecule has 0 amide bonds. The number of nitrogens with one attached hydrogen (secondary N) is 3. The second kappa shape index (κ2) is 10.6. The van der Waals surface area contributed by atoms with Crippen LogP contribution in [0.3, 0.4) is 0 Å². The van der Waals surface area contributed by atoms with Crippen molar-refractivity contribution >= 4 is 6.08 Å². The van der Waals surface area contributed by atoms with Gasteiger partial charge in [-0.25, -0.2) is 0 Å². The molecule has 4 rings (SSSR count). The molecule has 2 aromatic heterocycles. The number of fused-ring (bicyclic) bond motifs is 3. The fraction of sp³-hybridized carbons (Fsp3) is 0.478. The van der Waals surface area contributed by atoms with Crippen molar-refractivity contribution in [1.29, 1.82) is 0 Å². The first-order valence-electron chi connectivity index (χ1n) is 10.8. The third-order valence-corrected chi connectivity index (χ3v) is 5.60. The Morgan fingerprint density at radius 3 is 2.62 bits per heavy atom. The molecule has 0 radical (unpaired) electrons. The Hall–Kier alpha value is -2.12. The van der Waals surface area contributed by atoms with E-state index in [4.69, 9.17) is 0 Å². The number of aryl methyl sites for hydroxylation is 1. The van der Waals surface area contributed by atoms with Crippen LogP contribution >= 0.6 is 0 Å². The van der Waals surface area contributed by atoms with Gasteiger partial charge >= 0.3 is 0 Å². The third-order valence-electron chi connectivity index (χ3n) is 5.60. The molecule has 0 aromatic carbocycles. The fourth-order valence-corrected chi connectivity index (χ4v) is 3.97. The highest BCUT2D eigenvalue weighted by atomic mass is 15.2. The van der Waals surface area contributed by atoms with Crippen molar-refractivity contribution in [2.75, 3.05) is 39.3 Å². The Balaban J connectivity index is 1.24. The van der Waals surface area contributed by atoms with Crippen LogP contribution in [0.15, 0.2) is 36.5 Å². The van der Waals surface area contributed by atoms with E-state index >= 15 is 0 Å². The van der Waals surface area contributed by atoms with E-state index in [9.17, 15) is 0 Å². The van der Waals surface area contributed by atoms with Gasteiger partial charge in [0.2, 0.25) is 0 Å². The summed E-state index contributed by atoms with van der Waals surface area (Å²) in [5, 5.41) is 10.7. The quantitative estimate of drug-likeness (QED) is 0.674. The SMILES string of the molecule is C1=Cc2c(CNCCN3CCNCc4cccc(n4)CNCC3)ccnc2CC1. The summed E-state index contributed by atoms with van der Waals surface area (Å²) in [6.45, 7) is 8.68. The van der Waals surface area contributed by atoms with E-state index in [-0.39, 0.29) is 0 Å². The molecule has 29 heavy (non-hydrogen) atoms. The van der Waals surface area contributed by atoms with Crippen molar-refractivity contribution in [1.82, 2.24) is 30.8 Å².